The number of amides is 2. The highest BCUT2D eigenvalue weighted by atomic mass is 127. The van der Waals surface area contributed by atoms with Crippen LogP contribution in [0.25, 0.3) is 0 Å². The number of hydrogen-bond acceptors (Lipinski definition) is 4. The third-order valence-corrected chi connectivity index (χ3v) is 9.26. The number of benzene rings is 1. The SMILES string of the molecule is O=C(ON1C(=O)C2C3CCC(C3)C2C1=O)c1c(I)ccc(I)c1I. The van der Waals surface area contributed by atoms with Gasteiger partial charge >= 0.3 is 5.97 Å². The van der Waals surface area contributed by atoms with Crippen LogP contribution in [0.2, 0.25) is 0 Å². The summed E-state index contributed by atoms with van der Waals surface area (Å²) in [7, 11) is 0. The van der Waals surface area contributed by atoms with Crippen molar-refractivity contribution in [2.24, 2.45) is 23.7 Å². The van der Waals surface area contributed by atoms with E-state index in [9.17, 15) is 14.4 Å². The molecule has 0 aromatic heterocycles. The number of carbonyl (C=O) groups excluding carboxylic acids is 3. The molecule has 2 aliphatic carbocycles. The molecule has 1 aromatic rings. The van der Waals surface area contributed by atoms with E-state index in [1.54, 1.807) is 0 Å². The molecule has 2 amide bonds. The van der Waals surface area contributed by atoms with E-state index in [-0.39, 0.29) is 35.5 Å². The highest BCUT2D eigenvalue weighted by Gasteiger charge is 2.62. The van der Waals surface area contributed by atoms with Gasteiger partial charge in [0.25, 0.3) is 11.8 Å². The average Bonchev–Trinajstić information content (AvgIpc) is 3.21. The van der Waals surface area contributed by atoms with E-state index in [4.69, 9.17) is 4.84 Å². The molecule has 0 N–H and O–H groups in total. The fourth-order valence-corrected chi connectivity index (χ4v) is 6.64. The van der Waals surface area contributed by atoms with Crippen LogP contribution in [0.4, 0.5) is 0 Å². The molecule has 1 aliphatic heterocycles. The number of carbonyl (C=O) groups is 3. The van der Waals surface area contributed by atoms with Crippen molar-refractivity contribution in [1.29, 1.82) is 0 Å². The van der Waals surface area contributed by atoms with Crippen molar-refractivity contribution in [3.8, 4) is 0 Å². The van der Waals surface area contributed by atoms with Gasteiger partial charge in [-0.25, -0.2) is 4.79 Å². The summed E-state index contributed by atoms with van der Waals surface area (Å²) in [5.74, 6) is -1.31. The molecule has 3 aliphatic rings. The van der Waals surface area contributed by atoms with Crippen LogP contribution in [0.5, 0.6) is 0 Å². The summed E-state index contributed by atoms with van der Waals surface area (Å²) in [6.45, 7) is 0. The smallest absolute Gasteiger partial charge is 0.325 e. The third-order valence-electron chi connectivity index (χ3n) is 5.31. The second-order valence-corrected chi connectivity index (χ2v) is 9.86. The summed E-state index contributed by atoms with van der Waals surface area (Å²) in [5.41, 5.74) is 0.406. The van der Waals surface area contributed by atoms with Gasteiger partial charge in [0.2, 0.25) is 0 Å². The Hall–Kier alpha value is 0.0200. The number of imide groups is 1. The zero-order valence-corrected chi connectivity index (χ0v) is 18.8. The molecule has 8 heteroatoms. The lowest BCUT2D eigenvalue weighted by Crippen LogP contribution is -2.35. The van der Waals surface area contributed by atoms with Crippen LogP contribution in [0.15, 0.2) is 12.1 Å². The van der Waals surface area contributed by atoms with Crippen molar-refractivity contribution in [2.45, 2.75) is 19.3 Å². The van der Waals surface area contributed by atoms with Gasteiger partial charge in [0, 0.05) is 10.7 Å². The quantitative estimate of drug-likeness (QED) is 0.276. The molecule has 4 rings (SSSR count). The maximum Gasteiger partial charge on any atom is 0.366 e. The summed E-state index contributed by atoms with van der Waals surface area (Å²) in [6.07, 6.45) is 2.96. The molecule has 1 saturated heterocycles. The first-order chi connectivity index (χ1) is 11.4. The molecule has 2 saturated carbocycles. The first-order valence-electron chi connectivity index (χ1n) is 7.63. The van der Waals surface area contributed by atoms with Crippen LogP contribution in [-0.2, 0) is 14.4 Å². The highest BCUT2D eigenvalue weighted by molar-refractivity contribution is 14.1. The van der Waals surface area contributed by atoms with Gasteiger partial charge in [0.05, 0.1) is 17.4 Å². The maximum absolute atomic E-state index is 12.6. The first kappa shape index (κ1) is 17.4. The number of rotatable bonds is 2. The lowest BCUT2D eigenvalue weighted by Gasteiger charge is -2.18. The Balaban J connectivity index is 1.60. The van der Waals surface area contributed by atoms with E-state index < -0.39 is 5.97 Å². The number of halogens is 3. The van der Waals surface area contributed by atoms with Crippen molar-refractivity contribution >= 4 is 85.6 Å². The maximum atomic E-state index is 12.6. The Morgan fingerprint density at radius 1 is 1.00 bits per heavy atom. The van der Waals surface area contributed by atoms with Gasteiger partial charge in [0.15, 0.2) is 0 Å². The van der Waals surface area contributed by atoms with Gasteiger partial charge in [-0.3, -0.25) is 9.59 Å². The number of fused-ring (bicyclic) bond motifs is 5. The molecule has 0 spiro atoms. The summed E-state index contributed by atoms with van der Waals surface area (Å²) in [4.78, 5) is 43.1. The second kappa shape index (κ2) is 6.32. The van der Waals surface area contributed by atoms with E-state index in [1.807, 2.05) is 12.1 Å². The largest absolute Gasteiger partial charge is 0.366 e. The van der Waals surface area contributed by atoms with Crippen LogP contribution >= 0.6 is 67.8 Å². The summed E-state index contributed by atoms with van der Waals surface area (Å²) in [6, 6.07) is 3.73. The first-order valence-corrected chi connectivity index (χ1v) is 10.9. The molecule has 24 heavy (non-hydrogen) atoms. The van der Waals surface area contributed by atoms with Crippen LogP contribution in [0.1, 0.15) is 29.6 Å². The number of nitrogens with zero attached hydrogens (tertiary/aromatic N) is 1. The lowest BCUT2D eigenvalue weighted by molar-refractivity contribution is -0.175. The van der Waals surface area contributed by atoms with E-state index in [2.05, 4.69) is 67.8 Å². The monoisotopic (exact) mass is 663 g/mol. The van der Waals surface area contributed by atoms with Crippen molar-refractivity contribution in [3.63, 3.8) is 0 Å². The minimum absolute atomic E-state index is 0.276. The minimum Gasteiger partial charge on any atom is -0.325 e. The van der Waals surface area contributed by atoms with Crippen LogP contribution in [-0.4, -0.2) is 22.8 Å². The highest BCUT2D eigenvalue weighted by Crippen LogP contribution is 2.56. The molecule has 4 unspecified atom stereocenters. The third kappa shape index (κ3) is 2.53. The Morgan fingerprint density at radius 2 is 1.54 bits per heavy atom. The Morgan fingerprint density at radius 3 is 2.12 bits per heavy atom. The van der Waals surface area contributed by atoms with Crippen molar-refractivity contribution in [1.82, 2.24) is 5.06 Å². The molecule has 2 bridgehead atoms. The number of hydrogen-bond donors (Lipinski definition) is 0. The Bertz CT molecular complexity index is 753. The van der Waals surface area contributed by atoms with Crippen molar-refractivity contribution < 1.29 is 19.2 Å². The van der Waals surface area contributed by atoms with Crippen LogP contribution in [0, 0.1) is 34.4 Å². The Labute approximate surface area is 179 Å². The molecule has 1 aromatic carbocycles. The Kier molecular flexibility index (Phi) is 4.59. The van der Waals surface area contributed by atoms with Gasteiger partial charge in [-0.15, -0.1) is 5.06 Å². The second-order valence-electron chi connectivity index (χ2n) is 6.45. The van der Waals surface area contributed by atoms with Gasteiger partial charge in [-0.05, 0) is 111 Å². The molecule has 1 heterocycles. The molecule has 4 atom stereocenters. The van der Waals surface area contributed by atoms with Crippen LogP contribution < -0.4 is 0 Å². The van der Waals surface area contributed by atoms with Gasteiger partial charge in [0.1, 0.15) is 0 Å². The average molecular weight is 663 g/mol. The van der Waals surface area contributed by atoms with Crippen molar-refractivity contribution in [3.05, 3.63) is 28.4 Å². The summed E-state index contributed by atoms with van der Waals surface area (Å²) >= 11 is 6.29. The normalized spacial score (nSPS) is 30.9. The van der Waals surface area contributed by atoms with E-state index >= 15 is 0 Å². The molecule has 3 fully saturated rings. The molecular formula is C16H12I3NO4. The fourth-order valence-electron chi connectivity index (χ4n) is 4.31. The lowest BCUT2D eigenvalue weighted by atomic mass is 9.81. The molecule has 0 radical (unpaired) electrons. The van der Waals surface area contributed by atoms with Gasteiger partial charge in [-0.1, -0.05) is 0 Å². The topological polar surface area (TPSA) is 63.7 Å². The molecular weight excluding hydrogens is 651 g/mol. The number of hydroxylamine groups is 2. The predicted molar refractivity (Wildman–Crippen MR) is 110 cm³/mol. The van der Waals surface area contributed by atoms with Crippen molar-refractivity contribution in [2.75, 3.05) is 0 Å². The van der Waals surface area contributed by atoms with E-state index in [1.165, 1.54) is 0 Å². The summed E-state index contributed by atoms with van der Waals surface area (Å²) < 4.78 is 2.43. The van der Waals surface area contributed by atoms with E-state index in [0.717, 1.165) is 35.0 Å². The fraction of sp³-hybridized carbons (Fsp3) is 0.438. The van der Waals surface area contributed by atoms with Crippen LogP contribution in [0.3, 0.4) is 0 Å². The molecule has 126 valence electrons. The summed E-state index contributed by atoms with van der Waals surface area (Å²) in [5, 5.41) is 0.744. The van der Waals surface area contributed by atoms with E-state index in [0.29, 0.717) is 5.56 Å². The standard InChI is InChI=1S/C16H12I3NO4/c17-8-3-4-9(18)13(19)12(8)16(23)24-20-14(21)10-6-1-2-7(5-6)11(10)15(20)22/h3-4,6-7,10-11H,1-2,5H2. The predicted octanol–water partition coefficient (Wildman–Crippen LogP) is 3.60. The van der Waals surface area contributed by atoms with Gasteiger partial charge in [-0.2, -0.15) is 0 Å². The minimum atomic E-state index is -0.642. The molecule has 5 nitrogen and oxygen atoms in total. The zero-order valence-electron chi connectivity index (χ0n) is 12.3. The zero-order chi connectivity index (χ0) is 17.2. The van der Waals surface area contributed by atoms with Gasteiger partial charge < -0.3 is 4.84 Å².